The van der Waals surface area contributed by atoms with Gasteiger partial charge >= 0.3 is 0 Å². The fourth-order valence-electron chi connectivity index (χ4n) is 2.96. The molecule has 0 saturated carbocycles. The zero-order valence-electron chi connectivity index (χ0n) is 15.1. The van der Waals surface area contributed by atoms with Crippen LogP contribution >= 0.6 is 0 Å². The molecule has 0 heterocycles. The summed E-state index contributed by atoms with van der Waals surface area (Å²) in [6, 6.07) is 27.8. The summed E-state index contributed by atoms with van der Waals surface area (Å²) in [6.45, 7) is 3.89. The van der Waals surface area contributed by atoms with Crippen LogP contribution in [0.5, 0.6) is 0 Å². The van der Waals surface area contributed by atoms with E-state index in [0.717, 1.165) is 22.4 Å². The first-order valence-corrected chi connectivity index (χ1v) is 8.87. The maximum Gasteiger partial charge on any atom is 0.241 e. The second-order valence-electron chi connectivity index (χ2n) is 6.45. The minimum absolute atomic E-state index is 0.0452. The van der Waals surface area contributed by atoms with Crippen LogP contribution < -0.4 is 10.6 Å². The van der Waals surface area contributed by atoms with Crippen LogP contribution in [0.15, 0.2) is 84.9 Å². The molecule has 0 aliphatic heterocycles. The van der Waals surface area contributed by atoms with E-state index in [4.69, 9.17) is 0 Å². The van der Waals surface area contributed by atoms with Crippen molar-refractivity contribution < 1.29 is 4.79 Å². The maximum absolute atomic E-state index is 12.7. The van der Waals surface area contributed by atoms with Crippen molar-refractivity contribution in [1.82, 2.24) is 5.32 Å². The van der Waals surface area contributed by atoms with E-state index in [2.05, 4.69) is 34.9 Å². The summed E-state index contributed by atoms with van der Waals surface area (Å²) in [7, 11) is 0. The monoisotopic (exact) mass is 344 g/mol. The highest BCUT2D eigenvalue weighted by Gasteiger charge is 2.20. The van der Waals surface area contributed by atoms with E-state index in [-0.39, 0.29) is 18.0 Å². The lowest BCUT2D eigenvalue weighted by Crippen LogP contribution is -2.40. The van der Waals surface area contributed by atoms with Crippen molar-refractivity contribution in [1.29, 1.82) is 0 Å². The van der Waals surface area contributed by atoms with Crippen molar-refractivity contribution >= 4 is 11.6 Å². The van der Waals surface area contributed by atoms with Gasteiger partial charge in [-0.2, -0.15) is 0 Å². The molecule has 132 valence electrons. The third-order valence-corrected chi connectivity index (χ3v) is 4.48. The third kappa shape index (κ3) is 4.38. The van der Waals surface area contributed by atoms with Gasteiger partial charge in [-0.3, -0.25) is 10.1 Å². The van der Waals surface area contributed by atoms with Crippen LogP contribution in [0.3, 0.4) is 0 Å². The Labute approximate surface area is 155 Å². The van der Waals surface area contributed by atoms with Gasteiger partial charge < -0.3 is 5.32 Å². The van der Waals surface area contributed by atoms with Gasteiger partial charge in [0.2, 0.25) is 5.91 Å². The van der Waals surface area contributed by atoms with Crippen LogP contribution in [0.25, 0.3) is 0 Å². The van der Waals surface area contributed by atoms with Crippen LogP contribution in [-0.2, 0) is 4.79 Å². The lowest BCUT2D eigenvalue weighted by Gasteiger charge is -2.24. The van der Waals surface area contributed by atoms with E-state index < -0.39 is 0 Å². The molecule has 1 amide bonds. The third-order valence-electron chi connectivity index (χ3n) is 4.48. The molecule has 3 rings (SSSR count). The minimum Gasteiger partial charge on any atom is -0.324 e. The second-order valence-corrected chi connectivity index (χ2v) is 6.45. The number of nitrogens with one attached hydrogen (secondary N) is 2. The van der Waals surface area contributed by atoms with Gasteiger partial charge in [-0.25, -0.2) is 0 Å². The van der Waals surface area contributed by atoms with Gasteiger partial charge in [0.05, 0.1) is 12.1 Å². The Kier molecular flexibility index (Phi) is 5.82. The number of anilines is 1. The van der Waals surface area contributed by atoms with E-state index >= 15 is 0 Å². The quantitative estimate of drug-likeness (QED) is 0.680. The Morgan fingerprint density at radius 3 is 1.81 bits per heavy atom. The number of hydrogen-bond donors (Lipinski definition) is 2. The van der Waals surface area contributed by atoms with Crippen LogP contribution in [0.4, 0.5) is 5.69 Å². The molecule has 0 radical (unpaired) electrons. The van der Waals surface area contributed by atoms with Crippen LogP contribution in [0.2, 0.25) is 0 Å². The Morgan fingerprint density at radius 2 is 1.27 bits per heavy atom. The van der Waals surface area contributed by atoms with E-state index in [9.17, 15) is 4.79 Å². The first kappa shape index (κ1) is 17.9. The first-order valence-electron chi connectivity index (χ1n) is 8.87. The van der Waals surface area contributed by atoms with Crippen molar-refractivity contribution in [3.8, 4) is 0 Å². The highest BCUT2D eigenvalue weighted by Crippen LogP contribution is 2.22. The second kappa shape index (κ2) is 8.45. The normalized spacial score (nSPS) is 12.0. The molecule has 0 aliphatic carbocycles. The predicted octanol–water partition coefficient (Wildman–Crippen LogP) is 4.70. The summed E-state index contributed by atoms with van der Waals surface area (Å²) in [5.41, 5.74) is 4.17. The average molecular weight is 344 g/mol. The first-order chi connectivity index (χ1) is 12.6. The molecule has 1 unspecified atom stereocenters. The minimum atomic E-state index is -0.347. The molecule has 0 spiro atoms. The van der Waals surface area contributed by atoms with Crippen LogP contribution in [-0.4, -0.2) is 11.9 Å². The summed E-state index contributed by atoms with van der Waals surface area (Å²) in [5.74, 6) is -0.0452. The van der Waals surface area contributed by atoms with E-state index in [1.165, 1.54) is 0 Å². The van der Waals surface area contributed by atoms with Gasteiger partial charge in [-0.05, 0) is 36.6 Å². The average Bonchev–Trinajstić information content (AvgIpc) is 2.69. The van der Waals surface area contributed by atoms with Crippen molar-refractivity contribution in [2.24, 2.45) is 0 Å². The molecular weight excluding hydrogens is 320 g/mol. The fraction of sp³-hybridized carbons (Fsp3) is 0.174. The van der Waals surface area contributed by atoms with Gasteiger partial charge in [0.15, 0.2) is 0 Å². The Balaban J connectivity index is 1.78. The molecule has 1 atom stereocenters. The molecule has 0 aromatic heterocycles. The van der Waals surface area contributed by atoms with Crippen molar-refractivity contribution in [2.75, 3.05) is 5.32 Å². The van der Waals surface area contributed by atoms with Crippen LogP contribution in [0.1, 0.15) is 29.7 Å². The lowest BCUT2D eigenvalue weighted by atomic mass is 9.98. The highest BCUT2D eigenvalue weighted by atomic mass is 16.2. The van der Waals surface area contributed by atoms with Gasteiger partial charge in [0.1, 0.15) is 0 Å². The van der Waals surface area contributed by atoms with E-state index in [1.807, 2.05) is 74.5 Å². The molecule has 3 aromatic rings. The summed E-state index contributed by atoms with van der Waals surface area (Å²) >= 11 is 0. The Bertz CT molecular complexity index is 807. The smallest absolute Gasteiger partial charge is 0.241 e. The number of amides is 1. The molecule has 0 saturated heterocycles. The number of rotatable bonds is 6. The van der Waals surface area contributed by atoms with E-state index in [1.54, 1.807) is 0 Å². The van der Waals surface area contributed by atoms with E-state index in [0.29, 0.717) is 0 Å². The molecule has 26 heavy (non-hydrogen) atoms. The largest absolute Gasteiger partial charge is 0.324 e. The van der Waals surface area contributed by atoms with Crippen molar-refractivity contribution in [3.63, 3.8) is 0 Å². The molecule has 2 N–H and O–H groups in total. The Morgan fingerprint density at radius 1 is 0.769 bits per heavy atom. The topological polar surface area (TPSA) is 41.1 Å². The molecule has 3 nitrogen and oxygen atoms in total. The number of para-hydroxylation sites is 1. The van der Waals surface area contributed by atoms with Gasteiger partial charge in [-0.1, -0.05) is 78.9 Å². The van der Waals surface area contributed by atoms with Gasteiger partial charge in [-0.15, -0.1) is 0 Å². The summed E-state index contributed by atoms with van der Waals surface area (Å²) in [5, 5.41) is 6.49. The molecule has 0 bridgehead atoms. The molecule has 0 aliphatic rings. The predicted molar refractivity (Wildman–Crippen MR) is 107 cm³/mol. The molecule has 3 aromatic carbocycles. The summed E-state index contributed by atoms with van der Waals surface area (Å²) in [6.07, 6.45) is 0. The number of hydrogen-bond acceptors (Lipinski definition) is 2. The van der Waals surface area contributed by atoms with Crippen LogP contribution in [0, 0.1) is 6.92 Å². The fourth-order valence-corrected chi connectivity index (χ4v) is 2.96. The lowest BCUT2D eigenvalue weighted by molar-refractivity contribution is -0.117. The van der Waals surface area contributed by atoms with Gasteiger partial charge in [0.25, 0.3) is 0 Å². The zero-order valence-corrected chi connectivity index (χ0v) is 15.1. The standard InChI is InChI=1S/C23H24N2O/c1-17-11-9-10-16-21(17)25-23(26)18(2)24-22(19-12-5-3-6-13-19)20-14-7-4-8-15-20/h3-16,18,22,24H,1-2H3,(H,25,26). The highest BCUT2D eigenvalue weighted by molar-refractivity contribution is 5.95. The number of aryl methyl sites for hydroxylation is 1. The summed E-state index contributed by atoms with van der Waals surface area (Å²) < 4.78 is 0. The summed E-state index contributed by atoms with van der Waals surface area (Å²) in [4.78, 5) is 12.7. The number of carbonyl (C=O) groups is 1. The zero-order chi connectivity index (χ0) is 18.4. The van der Waals surface area contributed by atoms with Crippen molar-refractivity contribution in [2.45, 2.75) is 25.9 Å². The molecular formula is C23H24N2O. The Hall–Kier alpha value is -2.91. The molecule has 0 fully saturated rings. The molecule has 3 heteroatoms. The van der Waals surface area contributed by atoms with Crippen molar-refractivity contribution in [3.05, 3.63) is 102 Å². The number of benzene rings is 3. The number of carbonyl (C=O) groups excluding carboxylic acids is 1. The SMILES string of the molecule is Cc1ccccc1NC(=O)C(C)NC(c1ccccc1)c1ccccc1. The van der Waals surface area contributed by atoms with Gasteiger partial charge in [0, 0.05) is 5.69 Å². The maximum atomic E-state index is 12.7.